The number of ether oxygens (including phenoxy) is 2. The van der Waals surface area contributed by atoms with Gasteiger partial charge in [0.05, 0.1) is 12.2 Å². The molecule has 0 fully saturated rings. The third-order valence-corrected chi connectivity index (χ3v) is 3.07. The highest BCUT2D eigenvalue weighted by atomic mass is 16.5. The first-order chi connectivity index (χ1) is 9.50. The standard InChI is InChI=1S/C14H24N2O4/c1-14(18,6-9-19-2)11-15-13(17)12-5-4-7-16(12)8-10-20-3/h4-5,7,18H,6,8-11H2,1-3H3,(H,15,17). The Morgan fingerprint density at radius 3 is 2.75 bits per heavy atom. The van der Waals surface area contributed by atoms with Crippen molar-refractivity contribution in [3.05, 3.63) is 24.0 Å². The summed E-state index contributed by atoms with van der Waals surface area (Å²) in [5, 5.41) is 12.8. The number of nitrogens with zero attached hydrogens (tertiary/aromatic N) is 1. The molecule has 114 valence electrons. The maximum absolute atomic E-state index is 12.1. The maximum Gasteiger partial charge on any atom is 0.268 e. The third kappa shape index (κ3) is 5.32. The number of carbonyl (C=O) groups excluding carboxylic acids is 1. The van der Waals surface area contributed by atoms with E-state index in [-0.39, 0.29) is 12.5 Å². The molecule has 0 bridgehead atoms. The molecule has 1 atom stereocenters. The molecular weight excluding hydrogens is 260 g/mol. The lowest BCUT2D eigenvalue weighted by Crippen LogP contribution is -2.41. The first kappa shape index (κ1) is 16.7. The van der Waals surface area contributed by atoms with Gasteiger partial charge < -0.3 is 24.5 Å². The first-order valence-electron chi connectivity index (χ1n) is 6.64. The molecule has 2 N–H and O–H groups in total. The molecule has 1 heterocycles. The Labute approximate surface area is 119 Å². The Morgan fingerprint density at radius 1 is 1.40 bits per heavy atom. The van der Waals surface area contributed by atoms with E-state index >= 15 is 0 Å². The Kier molecular flexibility index (Phi) is 6.70. The normalized spacial score (nSPS) is 14.0. The number of rotatable bonds is 9. The summed E-state index contributed by atoms with van der Waals surface area (Å²) < 4.78 is 11.8. The van der Waals surface area contributed by atoms with E-state index in [1.165, 1.54) is 0 Å². The number of amides is 1. The van der Waals surface area contributed by atoms with Gasteiger partial charge in [-0.25, -0.2) is 0 Å². The molecule has 0 saturated heterocycles. The fraction of sp³-hybridized carbons (Fsp3) is 0.643. The van der Waals surface area contributed by atoms with E-state index in [4.69, 9.17) is 9.47 Å². The van der Waals surface area contributed by atoms with Crippen molar-refractivity contribution in [2.45, 2.75) is 25.5 Å². The van der Waals surface area contributed by atoms with Crippen molar-refractivity contribution >= 4 is 5.91 Å². The average Bonchev–Trinajstić information content (AvgIpc) is 2.89. The predicted octanol–water partition coefficient (Wildman–Crippen LogP) is 0.652. The van der Waals surface area contributed by atoms with Gasteiger partial charge in [0, 0.05) is 46.5 Å². The van der Waals surface area contributed by atoms with Gasteiger partial charge in [-0.05, 0) is 19.1 Å². The number of aliphatic hydroxyl groups is 1. The lowest BCUT2D eigenvalue weighted by molar-refractivity contribution is 0.0242. The monoisotopic (exact) mass is 284 g/mol. The summed E-state index contributed by atoms with van der Waals surface area (Å²) in [5.41, 5.74) is -0.417. The van der Waals surface area contributed by atoms with E-state index in [1.54, 1.807) is 27.2 Å². The molecule has 1 unspecified atom stereocenters. The molecule has 1 aromatic heterocycles. The van der Waals surface area contributed by atoms with Gasteiger partial charge in [-0.3, -0.25) is 4.79 Å². The molecule has 20 heavy (non-hydrogen) atoms. The fourth-order valence-corrected chi connectivity index (χ4v) is 1.78. The molecule has 0 radical (unpaired) electrons. The van der Waals surface area contributed by atoms with Gasteiger partial charge in [-0.2, -0.15) is 0 Å². The van der Waals surface area contributed by atoms with Crippen LogP contribution in [0.4, 0.5) is 0 Å². The zero-order valence-corrected chi connectivity index (χ0v) is 12.4. The topological polar surface area (TPSA) is 72.7 Å². The van der Waals surface area contributed by atoms with Crippen molar-refractivity contribution in [1.82, 2.24) is 9.88 Å². The minimum absolute atomic E-state index is 0.185. The quantitative estimate of drug-likeness (QED) is 0.698. The SMILES string of the molecule is COCCn1cccc1C(=O)NCC(C)(O)CCOC. The highest BCUT2D eigenvalue weighted by molar-refractivity contribution is 5.92. The second-order valence-electron chi connectivity index (χ2n) is 5.00. The Bertz CT molecular complexity index is 415. The third-order valence-electron chi connectivity index (χ3n) is 3.07. The Hall–Kier alpha value is -1.37. The van der Waals surface area contributed by atoms with Crippen molar-refractivity contribution < 1.29 is 19.4 Å². The van der Waals surface area contributed by atoms with E-state index in [1.807, 2.05) is 16.8 Å². The highest BCUT2D eigenvalue weighted by Crippen LogP contribution is 2.09. The Morgan fingerprint density at radius 2 is 2.10 bits per heavy atom. The summed E-state index contributed by atoms with van der Waals surface area (Å²) >= 11 is 0. The van der Waals surface area contributed by atoms with Gasteiger partial charge in [-0.15, -0.1) is 0 Å². The van der Waals surface area contributed by atoms with Crippen LogP contribution >= 0.6 is 0 Å². The second kappa shape index (κ2) is 8.04. The summed E-state index contributed by atoms with van der Waals surface area (Å²) in [6.45, 7) is 3.47. The number of aromatic nitrogens is 1. The molecule has 0 aromatic carbocycles. The highest BCUT2D eigenvalue weighted by Gasteiger charge is 2.21. The zero-order valence-electron chi connectivity index (χ0n) is 12.4. The summed E-state index contributed by atoms with van der Waals surface area (Å²) in [4.78, 5) is 12.1. The molecule has 1 amide bonds. The molecule has 0 aliphatic heterocycles. The molecule has 0 aliphatic carbocycles. The van der Waals surface area contributed by atoms with Crippen LogP contribution in [0.5, 0.6) is 0 Å². The van der Waals surface area contributed by atoms with E-state index in [9.17, 15) is 9.90 Å². The van der Waals surface area contributed by atoms with E-state index in [2.05, 4.69) is 5.32 Å². The first-order valence-corrected chi connectivity index (χ1v) is 6.64. The van der Waals surface area contributed by atoms with Gasteiger partial charge in [0.15, 0.2) is 0 Å². The van der Waals surface area contributed by atoms with Gasteiger partial charge in [0.2, 0.25) is 0 Å². The summed E-state index contributed by atoms with van der Waals surface area (Å²) in [6, 6.07) is 3.56. The molecule has 0 spiro atoms. The smallest absolute Gasteiger partial charge is 0.268 e. The van der Waals surface area contributed by atoms with E-state index in [0.717, 1.165) is 0 Å². The van der Waals surface area contributed by atoms with Crippen molar-refractivity contribution in [2.75, 3.05) is 34.0 Å². The van der Waals surface area contributed by atoms with Crippen LogP contribution in [0.2, 0.25) is 0 Å². The van der Waals surface area contributed by atoms with Crippen LogP contribution in [0.3, 0.4) is 0 Å². The van der Waals surface area contributed by atoms with Crippen LogP contribution in [0.25, 0.3) is 0 Å². The lowest BCUT2D eigenvalue weighted by atomic mass is 10.0. The minimum Gasteiger partial charge on any atom is -0.388 e. The zero-order chi connectivity index (χ0) is 15.0. The predicted molar refractivity (Wildman–Crippen MR) is 75.8 cm³/mol. The molecule has 1 rings (SSSR count). The summed E-state index contributed by atoms with van der Waals surface area (Å²) in [5.74, 6) is -0.205. The maximum atomic E-state index is 12.1. The van der Waals surface area contributed by atoms with Crippen LogP contribution in [-0.2, 0) is 16.0 Å². The van der Waals surface area contributed by atoms with Gasteiger partial charge >= 0.3 is 0 Å². The summed E-state index contributed by atoms with van der Waals surface area (Å²) in [6.07, 6.45) is 2.30. The van der Waals surface area contributed by atoms with Crippen molar-refractivity contribution in [2.24, 2.45) is 0 Å². The van der Waals surface area contributed by atoms with Gasteiger partial charge in [-0.1, -0.05) is 0 Å². The molecular formula is C14H24N2O4. The van der Waals surface area contributed by atoms with Gasteiger partial charge in [0.1, 0.15) is 5.69 Å². The van der Waals surface area contributed by atoms with Gasteiger partial charge in [0.25, 0.3) is 5.91 Å². The number of carbonyl (C=O) groups is 1. The van der Waals surface area contributed by atoms with Crippen LogP contribution < -0.4 is 5.32 Å². The van der Waals surface area contributed by atoms with Crippen LogP contribution in [0, 0.1) is 0 Å². The van der Waals surface area contributed by atoms with Crippen molar-refractivity contribution in [3.63, 3.8) is 0 Å². The van der Waals surface area contributed by atoms with Crippen LogP contribution in [-0.4, -0.2) is 55.2 Å². The molecule has 1 aromatic rings. The largest absolute Gasteiger partial charge is 0.388 e. The van der Waals surface area contributed by atoms with E-state index in [0.29, 0.717) is 31.9 Å². The molecule has 0 aliphatic rings. The van der Waals surface area contributed by atoms with Crippen molar-refractivity contribution in [1.29, 1.82) is 0 Å². The number of hydrogen-bond donors (Lipinski definition) is 2. The van der Waals surface area contributed by atoms with Crippen LogP contribution in [0.1, 0.15) is 23.8 Å². The average molecular weight is 284 g/mol. The van der Waals surface area contributed by atoms with Crippen LogP contribution in [0.15, 0.2) is 18.3 Å². The summed E-state index contributed by atoms with van der Waals surface area (Å²) in [7, 11) is 3.20. The van der Waals surface area contributed by atoms with Crippen molar-refractivity contribution in [3.8, 4) is 0 Å². The lowest BCUT2D eigenvalue weighted by Gasteiger charge is -2.23. The number of methoxy groups -OCH3 is 2. The van der Waals surface area contributed by atoms with E-state index < -0.39 is 5.60 Å². The molecule has 6 nitrogen and oxygen atoms in total. The fourth-order valence-electron chi connectivity index (χ4n) is 1.78. The number of nitrogens with one attached hydrogen (secondary N) is 1. The molecule has 0 saturated carbocycles. The Balaban J connectivity index is 2.52. The minimum atomic E-state index is -0.977. The second-order valence-corrected chi connectivity index (χ2v) is 5.00. The molecule has 6 heteroatoms. The number of hydrogen-bond acceptors (Lipinski definition) is 4.